The third-order valence-electron chi connectivity index (χ3n) is 3.20. The van der Waals surface area contributed by atoms with Crippen LogP contribution in [0.2, 0.25) is 0 Å². The van der Waals surface area contributed by atoms with E-state index in [0.717, 1.165) is 0 Å². The van der Waals surface area contributed by atoms with Crippen LogP contribution in [0.3, 0.4) is 0 Å². The van der Waals surface area contributed by atoms with Gasteiger partial charge in [0.25, 0.3) is 0 Å². The Morgan fingerprint density at radius 3 is 2.36 bits per heavy atom. The van der Waals surface area contributed by atoms with E-state index in [1.807, 2.05) is 0 Å². The van der Waals surface area contributed by atoms with Crippen LogP contribution in [0.25, 0.3) is 0 Å². The largest absolute Gasteiger partial charge is 0.496 e. The number of hydrogen-bond acceptors (Lipinski definition) is 6. The highest BCUT2D eigenvalue weighted by Gasteiger charge is 2.17. The molecule has 0 unspecified atom stereocenters. The lowest BCUT2D eigenvalue weighted by atomic mass is 10.2. The first kappa shape index (κ1) is 18.2. The summed E-state index contributed by atoms with van der Waals surface area (Å²) >= 11 is 0. The molecule has 0 atom stereocenters. The Hall–Kier alpha value is -3.10. The van der Waals surface area contributed by atoms with Gasteiger partial charge in [-0.05, 0) is 29.8 Å². The summed E-state index contributed by atoms with van der Waals surface area (Å²) in [6.45, 7) is -3.00. The van der Waals surface area contributed by atoms with E-state index in [0.29, 0.717) is 11.3 Å². The van der Waals surface area contributed by atoms with E-state index in [4.69, 9.17) is 14.2 Å². The van der Waals surface area contributed by atoms with E-state index in [-0.39, 0.29) is 29.5 Å². The van der Waals surface area contributed by atoms with Crippen molar-refractivity contribution in [1.82, 2.24) is 0 Å². The number of nitro groups is 1. The molecule has 0 aliphatic heterocycles. The van der Waals surface area contributed by atoms with Crippen LogP contribution in [0, 0.1) is 10.1 Å². The van der Waals surface area contributed by atoms with Gasteiger partial charge in [0.1, 0.15) is 12.4 Å². The molecule has 0 saturated carbocycles. The van der Waals surface area contributed by atoms with Gasteiger partial charge >= 0.3 is 12.3 Å². The summed E-state index contributed by atoms with van der Waals surface area (Å²) < 4.78 is 44.4. The van der Waals surface area contributed by atoms with Gasteiger partial charge in [0.15, 0.2) is 17.2 Å². The van der Waals surface area contributed by atoms with Crippen molar-refractivity contribution < 1.29 is 32.7 Å². The second-order valence-electron chi connectivity index (χ2n) is 4.74. The van der Waals surface area contributed by atoms with Crippen molar-refractivity contribution in [1.29, 1.82) is 0 Å². The molecule has 0 aliphatic rings. The van der Waals surface area contributed by atoms with Gasteiger partial charge in [0, 0.05) is 0 Å². The first-order valence-electron chi connectivity index (χ1n) is 7.01. The minimum Gasteiger partial charge on any atom is -0.496 e. The Balaban J connectivity index is 2.17. The third-order valence-corrected chi connectivity index (χ3v) is 3.20. The van der Waals surface area contributed by atoms with Crippen LogP contribution in [0.15, 0.2) is 36.4 Å². The zero-order valence-corrected chi connectivity index (χ0v) is 13.4. The summed E-state index contributed by atoms with van der Waals surface area (Å²) in [7, 11) is 2.71. The highest BCUT2D eigenvalue weighted by Crippen LogP contribution is 2.33. The molecule has 9 heteroatoms. The number of methoxy groups -OCH3 is 2. The van der Waals surface area contributed by atoms with Crippen molar-refractivity contribution >= 4 is 5.69 Å². The third kappa shape index (κ3) is 4.69. The van der Waals surface area contributed by atoms with Crippen LogP contribution in [0.1, 0.15) is 5.56 Å². The second-order valence-corrected chi connectivity index (χ2v) is 4.74. The Morgan fingerprint density at radius 2 is 1.76 bits per heavy atom. The fraction of sp³-hybridized carbons (Fsp3) is 0.250. The molecule has 7 nitrogen and oxygen atoms in total. The second kappa shape index (κ2) is 8.13. The van der Waals surface area contributed by atoms with Crippen molar-refractivity contribution in [2.75, 3.05) is 14.2 Å². The van der Waals surface area contributed by atoms with Crippen molar-refractivity contribution in [3.05, 3.63) is 52.1 Å². The number of rotatable bonds is 8. The molecular formula is C16H15F2NO6. The number of benzene rings is 2. The Labute approximate surface area is 141 Å². The molecule has 0 radical (unpaired) electrons. The van der Waals surface area contributed by atoms with Crippen molar-refractivity contribution in [3.8, 4) is 23.0 Å². The number of halogens is 2. The maximum atomic E-state index is 12.3. The average molecular weight is 355 g/mol. The van der Waals surface area contributed by atoms with Crippen LogP contribution >= 0.6 is 0 Å². The van der Waals surface area contributed by atoms with Crippen LogP contribution in [-0.2, 0) is 6.61 Å². The zero-order chi connectivity index (χ0) is 18.4. The Morgan fingerprint density at radius 1 is 1.04 bits per heavy atom. The summed E-state index contributed by atoms with van der Waals surface area (Å²) in [6.07, 6.45) is 0. The highest BCUT2D eigenvalue weighted by atomic mass is 19.3. The van der Waals surface area contributed by atoms with Crippen LogP contribution < -0.4 is 18.9 Å². The topological polar surface area (TPSA) is 80.1 Å². The highest BCUT2D eigenvalue weighted by molar-refractivity contribution is 5.51. The number of ether oxygens (including phenoxy) is 4. The lowest BCUT2D eigenvalue weighted by Crippen LogP contribution is -2.04. The molecule has 0 heterocycles. The van der Waals surface area contributed by atoms with Gasteiger partial charge < -0.3 is 18.9 Å². The molecule has 0 aromatic heterocycles. The molecule has 0 amide bonds. The minimum atomic E-state index is -2.97. The quantitative estimate of drug-likeness (QED) is 0.529. The minimum absolute atomic E-state index is 0.0293. The zero-order valence-electron chi connectivity index (χ0n) is 13.4. The number of alkyl halides is 2. The van der Waals surface area contributed by atoms with Crippen LogP contribution in [0.4, 0.5) is 14.5 Å². The van der Waals surface area contributed by atoms with Gasteiger partial charge in [0.05, 0.1) is 25.2 Å². The number of hydrogen-bond donors (Lipinski definition) is 0. The summed E-state index contributed by atoms with van der Waals surface area (Å²) in [4.78, 5) is 10.5. The first-order chi connectivity index (χ1) is 11.9. The summed E-state index contributed by atoms with van der Waals surface area (Å²) in [6, 6.07) is 8.45. The molecular weight excluding hydrogens is 340 g/mol. The molecule has 2 aromatic carbocycles. The monoisotopic (exact) mass is 355 g/mol. The van der Waals surface area contributed by atoms with Crippen molar-refractivity contribution in [2.45, 2.75) is 13.2 Å². The van der Waals surface area contributed by atoms with Crippen molar-refractivity contribution in [3.63, 3.8) is 0 Å². The fourth-order valence-corrected chi connectivity index (χ4v) is 2.05. The van der Waals surface area contributed by atoms with Gasteiger partial charge in [0.2, 0.25) is 0 Å². The normalized spacial score (nSPS) is 10.4. The van der Waals surface area contributed by atoms with Gasteiger partial charge in [-0.25, -0.2) is 0 Å². The average Bonchev–Trinajstić information content (AvgIpc) is 2.60. The molecule has 0 N–H and O–H groups in total. The molecule has 0 fully saturated rings. The number of nitrogens with zero attached hydrogens (tertiary/aromatic N) is 1. The standard InChI is InChI=1S/C16H15F2NO6/c1-22-11-4-6-13(12(8-11)19(20)21)24-9-10-3-5-14(25-16(17)18)15(7-10)23-2/h3-8,16H,9H2,1-2H3. The van der Waals surface area contributed by atoms with Crippen molar-refractivity contribution in [2.24, 2.45) is 0 Å². The van der Waals surface area contributed by atoms with Gasteiger partial charge in [-0.1, -0.05) is 6.07 Å². The van der Waals surface area contributed by atoms with Crippen LogP contribution in [0.5, 0.6) is 23.0 Å². The first-order valence-corrected chi connectivity index (χ1v) is 7.01. The predicted octanol–water partition coefficient (Wildman–Crippen LogP) is 3.79. The SMILES string of the molecule is COc1ccc(OCc2ccc(OC(F)F)c(OC)c2)c([N+](=O)[O-])c1. The molecule has 0 saturated heterocycles. The van der Waals surface area contributed by atoms with E-state index in [9.17, 15) is 18.9 Å². The summed E-state index contributed by atoms with van der Waals surface area (Å²) in [5, 5.41) is 11.1. The molecule has 2 rings (SSSR count). The molecule has 2 aromatic rings. The molecule has 0 bridgehead atoms. The van der Waals surface area contributed by atoms with E-state index >= 15 is 0 Å². The fourth-order valence-electron chi connectivity index (χ4n) is 2.05. The lowest BCUT2D eigenvalue weighted by Gasteiger charge is -2.12. The van der Waals surface area contributed by atoms with Gasteiger partial charge in [-0.15, -0.1) is 0 Å². The summed E-state index contributed by atoms with van der Waals surface area (Å²) in [5.74, 6) is 0.370. The lowest BCUT2D eigenvalue weighted by molar-refractivity contribution is -0.386. The van der Waals surface area contributed by atoms with Crippen LogP contribution in [-0.4, -0.2) is 25.8 Å². The summed E-state index contributed by atoms with van der Waals surface area (Å²) in [5.41, 5.74) is 0.313. The number of nitro benzene ring substituents is 1. The Bertz CT molecular complexity index is 753. The molecule has 134 valence electrons. The Kier molecular flexibility index (Phi) is 5.93. The van der Waals surface area contributed by atoms with E-state index < -0.39 is 11.5 Å². The molecule has 25 heavy (non-hydrogen) atoms. The van der Waals surface area contributed by atoms with Gasteiger partial charge in [-0.2, -0.15) is 8.78 Å². The van der Waals surface area contributed by atoms with Gasteiger partial charge in [-0.3, -0.25) is 10.1 Å². The predicted molar refractivity (Wildman–Crippen MR) is 83.6 cm³/mol. The van der Waals surface area contributed by atoms with E-state index in [2.05, 4.69) is 4.74 Å². The van der Waals surface area contributed by atoms with E-state index in [1.54, 1.807) is 0 Å². The van der Waals surface area contributed by atoms with E-state index in [1.165, 1.54) is 50.6 Å². The smallest absolute Gasteiger partial charge is 0.387 e. The maximum Gasteiger partial charge on any atom is 0.387 e. The maximum absolute atomic E-state index is 12.3. The molecule has 0 aliphatic carbocycles. The molecule has 0 spiro atoms.